The van der Waals surface area contributed by atoms with Gasteiger partial charge in [-0.25, -0.2) is 0 Å². The van der Waals surface area contributed by atoms with Gasteiger partial charge in [-0.15, -0.1) is 0 Å². The van der Waals surface area contributed by atoms with Gasteiger partial charge in [0.05, 0.1) is 12.3 Å². The van der Waals surface area contributed by atoms with Gasteiger partial charge in [0.15, 0.2) is 0 Å². The van der Waals surface area contributed by atoms with Crippen molar-refractivity contribution in [2.75, 3.05) is 32.7 Å². The van der Waals surface area contributed by atoms with E-state index >= 15 is 0 Å². The smallest absolute Gasteiger partial charge is 0.122 e. The molecule has 1 saturated heterocycles. The summed E-state index contributed by atoms with van der Waals surface area (Å²) in [6, 6.07) is 4.28. The maximum atomic E-state index is 6.14. The lowest BCUT2D eigenvalue weighted by atomic mass is 10.0. The van der Waals surface area contributed by atoms with Gasteiger partial charge in [0.25, 0.3) is 0 Å². The lowest BCUT2D eigenvalue weighted by Crippen LogP contribution is -2.50. The molecule has 0 aromatic carbocycles. The molecule has 1 aromatic rings. The highest BCUT2D eigenvalue weighted by molar-refractivity contribution is 5.07. The van der Waals surface area contributed by atoms with E-state index in [0.717, 1.165) is 31.9 Å². The van der Waals surface area contributed by atoms with E-state index in [1.54, 1.807) is 6.26 Å². The second-order valence-corrected chi connectivity index (χ2v) is 5.20. The molecular formula is C14H25N3O. The summed E-state index contributed by atoms with van der Waals surface area (Å²) in [4.78, 5) is 4.98. The Labute approximate surface area is 110 Å². The fourth-order valence-corrected chi connectivity index (χ4v) is 2.81. The summed E-state index contributed by atoms with van der Waals surface area (Å²) in [7, 11) is 0. The average Bonchev–Trinajstić information content (AvgIpc) is 2.85. The number of hydrogen-bond acceptors (Lipinski definition) is 4. The highest BCUT2D eigenvalue weighted by Crippen LogP contribution is 2.25. The van der Waals surface area contributed by atoms with E-state index in [0.29, 0.717) is 0 Å². The van der Waals surface area contributed by atoms with Crippen molar-refractivity contribution in [1.29, 1.82) is 0 Å². The molecule has 2 atom stereocenters. The van der Waals surface area contributed by atoms with Crippen molar-refractivity contribution in [1.82, 2.24) is 9.80 Å². The Hall–Kier alpha value is -0.840. The van der Waals surface area contributed by atoms with Crippen LogP contribution in [0.3, 0.4) is 0 Å². The summed E-state index contributed by atoms with van der Waals surface area (Å²) < 4.78 is 5.55. The topological polar surface area (TPSA) is 45.6 Å². The number of furan rings is 1. The second-order valence-electron chi connectivity index (χ2n) is 5.20. The van der Waals surface area contributed by atoms with E-state index in [9.17, 15) is 0 Å². The quantitative estimate of drug-likeness (QED) is 0.865. The van der Waals surface area contributed by atoms with Crippen LogP contribution in [-0.2, 0) is 0 Å². The molecule has 18 heavy (non-hydrogen) atoms. The fraction of sp³-hybridized carbons (Fsp3) is 0.714. The summed E-state index contributed by atoms with van der Waals surface area (Å²) in [5.41, 5.74) is 6.14. The summed E-state index contributed by atoms with van der Waals surface area (Å²) in [5, 5.41) is 0. The molecule has 2 unspecified atom stereocenters. The molecule has 0 amide bonds. The number of piperazine rings is 1. The SMILES string of the molecule is CCCN1CCN(C(c2ccco2)C(C)N)CC1. The fourth-order valence-electron chi connectivity index (χ4n) is 2.81. The van der Waals surface area contributed by atoms with Gasteiger partial charge in [-0.05, 0) is 32.0 Å². The molecular weight excluding hydrogens is 226 g/mol. The van der Waals surface area contributed by atoms with Gasteiger partial charge in [0.2, 0.25) is 0 Å². The summed E-state index contributed by atoms with van der Waals surface area (Å²) >= 11 is 0. The molecule has 2 rings (SSSR count). The first-order chi connectivity index (χ1) is 8.72. The van der Waals surface area contributed by atoms with E-state index in [1.807, 2.05) is 12.1 Å². The van der Waals surface area contributed by atoms with E-state index in [1.165, 1.54) is 13.0 Å². The van der Waals surface area contributed by atoms with Crippen LogP contribution in [0.5, 0.6) is 0 Å². The molecule has 0 spiro atoms. The molecule has 1 aliphatic heterocycles. The lowest BCUT2D eigenvalue weighted by Gasteiger charge is -2.39. The first-order valence-corrected chi connectivity index (χ1v) is 6.97. The Morgan fingerprint density at radius 2 is 2.06 bits per heavy atom. The van der Waals surface area contributed by atoms with E-state index in [-0.39, 0.29) is 12.1 Å². The van der Waals surface area contributed by atoms with Crippen molar-refractivity contribution in [3.63, 3.8) is 0 Å². The zero-order valence-electron chi connectivity index (χ0n) is 11.5. The second kappa shape index (κ2) is 6.36. The van der Waals surface area contributed by atoms with Crippen LogP contribution in [0.1, 0.15) is 32.1 Å². The Morgan fingerprint density at radius 3 is 2.56 bits per heavy atom. The minimum Gasteiger partial charge on any atom is -0.468 e. The number of nitrogens with zero attached hydrogens (tertiary/aromatic N) is 2. The van der Waals surface area contributed by atoms with Gasteiger partial charge in [-0.3, -0.25) is 4.90 Å². The maximum absolute atomic E-state index is 6.14. The van der Waals surface area contributed by atoms with E-state index in [4.69, 9.17) is 10.2 Å². The molecule has 0 bridgehead atoms. The first kappa shape index (κ1) is 13.6. The Balaban J connectivity index is 1.97. The lowest BCUT2D eigenvalue weighted by molar-refractivity contribution is 0.0771. The Bertz CT molecular complexity index is 329. The molecule has 102 valence electrons. The van der Waals surface area contributed by atoms with Crippen molar-refractivity contribution >= 4 is 0 Å². The molecule has 4 nitrogen and oxygen atoms in total. The molecule has 2 N–H and O–H groups in total. The molecule has 4 heteroatoms. The van der Waals surface area contributed by atoms with Gasteiger partial charge in [0, 0.05) is 32.2 Å². The van der Waals surface area contributed by atoms with Crippen LogP contribution in [0.25, 0.3) is 0 Å². The van der Waals surface area contributed by atoms with Crippen LogP contribution in [0.15, 0.2) is 22.8 Å². The van der Waals surface area contributed by atoms with Crippen molar-refractivity contribution in [3.05, 3.63) is 24.2 Å². The third-order valence-electron chi connectivity index (χ3n) is 3.67. The maximum Gasteiger partial charge on any atom is 0.122 e. The third kappa shape index (κ3) is 3.13. The number of rotatable bonds is 5. The minimum absolute atomic E-state index is 0.0916. The molecule has 0 radical (unpaired) electrons. The van der Waals surface area contributed by atoms with Crippen LogP contribution in [-0.4, -0.2) is 48.6 Å². The van der Waals surface area contributed by atoms with Gasteiger partial charge in [-0.1, -0.05) is 6.92 Å². The zero-order chi connectivity index (χ0) is 13.0. The van der Waals surface area contributed by atoms with Crippen LogP contribution in [0, 0.1) is 0 Å². The summed E-state index contributed by atoms with van der Waals surface area (Å²) in [6.45, 7) is 9.93. The van der Waals surface area contributed by atoms with Gasteiger partial charge in [0.1, 0.15) is 5.76 Å². The van der Waals surface area contributed by atoms with Gasteiger partial charge in [-0.2, -0.15) is 0 Å². The molecule has 1 fully saturated rings. The van der Waals surface area contributed by atoms with E-state index in [2.05, 4.69) is 23.6 Å². The monoisotopic (exact) mass is 251 g/mol. The van der Waals surface area contributed by atoms with Crippen molar-refractivity contribution in [3.8, 4) is 0 Å². The average molecular weight is 251 g/mol. The van der Waals surface area contributed by atoms with Gasteiger partial charge >= 0.3 is 0 Å². The predicted molar refractivity (Wildman–Crippen MR) is 73.4 cm³/mol. The van der Waals surface area contributed by atoms with Crippen LogP contribution in [0.4, 0.5) is 0 Å². The number of hydrogen-bond donors (Lipinski definition) is 1. The van der Waals surface area contributed by atoms with Crippen LogP contribution in [0.2, 0.25) is 0 Å². The predicted octanol–water partition coefficient (Wildman–Crippen LogP) is 1.70. The largest absolute Gasteiger partial charge is 0.468 e. The van der Waals surface area contributed by atoms with Crippen molar-refractivity contribution in [2.24, 2.45) is 5.73 Å². The summed E-state index contributed by atoms with van der Waals surface area (Å²) in [6.07, 6.45) is 2.97. The van der Waals surface area contributed by atoms with Crippen LogP contribution < -0.4 is 5.73 Å². The highest BCUT2D eigenvalue weighted by atomic mass is 16.3. The highest BCUT2D eigenvalue weighted by Gasteiger charge is 2.29. The first-order valence-electron chi connectivity index (χ1n) is 6.97. The molecule has 0 saturated carbocycles. The third-order valence-corrected chi connectivity index (χ3v) is 3.67. The normalized spacial score (nSPS) is 21.9. The van der Waals surface area contributed by atoms with E-state index < -0.39 is 0 Å². The Morgan fingerprint density at radius 1 is 1.33 bits per heavy atom. The number of nitrogens with two attached hydrogens (primary N) is 1. The van der Waals surface area contributed by atoms with Crippen LogP contribution >= 0.6 is 0 Å². The van der Waals surface area contributed by atoms with Gasteiger partial charge < -0.3 is 15.1 Å². The van der Waals surface area contributed by atoms with Crippen molar-refractivity contribution < 1.29 is 4.42 Å². The minimum atomic E-state index is 0.0916. The summed E-state index contributed by atoms with van der Waals surface area (Å²) in [5.74, 6) is 0.994. The molecule has 1 aromatic heterocycles. The molecule has 1 aliphatic rings. The Kier molecular flexibility index (Phi) is 4.80. The zero-order valence-corrected chi connectivity index (χ0v) is 11.5. The molecule has 2 heterocycles. The standard InChI is InChI=1S/C14H25N3O/c1-3-6-16-7-9-17(10-8-16)14(12(2)15)13-5-4-11-18-13/h4-5,11-12,14H,3,6-10,15H2,1-2H3. The van der Waals surface area contributed by atoms with Crippen molar-refractivity contribution in [2.45, 2.75) is 32.4 Å². The molecule has 0 aliphatic carbocycles.